The molecule has 0 aromatic heterocycles. The number of benzene rings is 1. The first-order valence-electron chi connectivity index (χ1n) is 7.49. The molecule has 2 rings (SSSR count). The minimum atomic E-state index is -0.525. The number of hydrogen-bond donors (Lipinski definition) is 2. The van der Waals surface area contributed by atoms with Gasteiger partial charge in [-0.25, -0.2) is 4.39 Å². The second kappa shape index (κ2) is 8.22. The number of rotatable bonds is 6. The molecule has 1 aromatic rings. The van der Waals surface area contributed by atoms with Gasteiger partial charge in [-0.05, 0) is 36.5 Å². The average molecular weight is 310 g/mol. The predicted octanol–water partition coefficient (Wildman–Crippen LogP) is 1.34. The standard InChI is InChI=1S/C16H23FN2O3/c1-21-10-13-8-11(2-3-14(13)17)9-19-16(20)15(18)12-4-6-22-7-5-12/h2-3,8,12,15H,4-7,9-10,18H2,1H3,(H,19,20)/t15-/m0/s1. The van der Waals surface area contributed by atoms with Gasteiger partial charge in [-0.2, -0.15) is 0 Å². The summed E-state index contributed by atoms with van der Waals surface area (Å²) in [5.41, 5.74) is 7.31. The minimum Gasteiger partial charge on any atom is -0.381 e. The number of carbonyl (C=O) groups is 1. The number of hydrogen-bond acceptors (Lipinski definition) is 4. The molecule has 1 aromatic carbocycles. The van der Waals surface area contributed by atoms with Crippen LogP contribution in [0.15, 0.2) is 18.2 Å². The Bertz CT molecular complexity index is 504. The fraction of sp³-hybridized carbons (Fsp3) is 0.562. The van der Waals surface area contributed by atoms with Crippen molar-refractivity contribution in [3.8, 4) is 0 Å². The predicted molar refractivity (Wildman–Crippen MR) is 80.5 cm³/mol. The Labute approximate surface area is 130 Å². The fourth-order valence-corrected chi connectivity index (χ4v) is 2.60. The van der Waals surface area contributed by atoms with Crippen LogP contribution in [-0.4, -0.2) is 32.3 Å². The van der Waals surface area contributed by atoms with Crippen molar-refractivity contribution in [3.63, 3.8) is 0 Å². The van der Waals surface area contributed by atoms with Gasteiger partial charge in [0.15, 0.2) is 0 Å². The Balaban J connectivity index is 1.88. The van der Waals surface area contributed by atoms with Gasteiger partial charge in [0.25, 0.3) is 0 Å². The van der Waals surface area contributed by atoms with Gasteiger partial charge >= 0.3 is 0 Å². The Morgan fingerprint density at radius 2 is 2.23 bits per heavy atom. The van der Waals surface area contributed by atoms with Crippen molar-refractivity contribution in [2.75, 3.05) is 20.3 Å². The van der Waals surface area contributed by atoms with Gasteiger partial charge in [-0.15, -0.1) is 0 Å². The van der Waals surface area contributed by atoms with Gasteiger partial charge in [0, 0.05) is 32.4 Å². The van der Waals surface area contributed by atoms with Gasteiger partial charge in [0.05, 0.1) is 12.6 Å². The molecule has 3 N–H and O–H groups in total. The normalized spacial score (nSPS) is 17.2. The van der Waals surface area contributed by atoms with Crippen molar-refractivity contribution in [2.45, 2.75) is 32.0 Å². The first-order chi connectivity index (χ1) is 10.6. The van der Waals surface area contributed by atoms with Crippen LogP contribution in [0.5, 0.6) is 0 Å². The molecule has 1 heterocycles. The molecule has 0 bridgehead atoms. The molecule has 122 valence electrons. The summed E-state index contributed by atoms with van der Waals surface area (Å²) >= 11 is 0. The van der Waals surface area contributed by atoms with E-state index in [-0.39, 0.29) is 24.2 Å². The van der Waals surface area contributed by atoms with E-state index in [4.69, 9.17) is 15.2 Å². The number of ether oxygens (including phenoxy) is 2. The van der Waals surface area contributed by atoms with Crippen molar-refractivity contribution in [1.29, 1.82) is 0 Å². The molecule has 1 saturated heterocycles. The molecular weight excluding hydrogens is 287 g/mol. The SMILES string of the molecule is COCc1cc(CNC(=O)[C@@H](N)C2CCOCC2)ccc1F. The van der Waals surface area contributed by atoms with Crippen molar-refractivity contribution in [3.05, 3.63) is 35.1 Å². The summed E-state index contributed by atoms with van der Waals surface area (Å²) in [7, 11) is 1.51. The molecule has 0 spiro atoms. The lowest BCUT2D eigenvalue weighted by molar-refractivity contribution is -0.124. The van der Waals surface area contributed by atoms with E-state index in [9.17, 15) is 9.18 Å². The van der Waals surface area contributed by atoms with E-state index in [1.807, 2.05) is 0 Å². The Morgan fingerprint density at radius 3 is 2.91 bits per heavy atom. The highest BCUT2D eigenvalue weighted by Crippen LogP contribution is 2.18. The molecule has 0 radical (unpaired) electrons. The number of halogens is 1. The van der Waals surface area contributed by atoms with Gasteiger partial charge in [0.1, 0.15) is 5.82 Å². The zero-order chi connectivity index (χ0) is 15.9. The van der Waals surface area contributed by atoms with E-state index in [0.29, 0.717) is 25.3 Å². The molecule has 6 heteroatoms. The molecule has 0 saturated carbocycles. The molecule has 0 aliphatic carbocycles. The lowest BCUT2D eigenvalue weighted by atomic mass is 9.92. The second-order valence-electron chi connectivity index (χ2n) is 5.55. The average Bonchev–Trinajstić information content (AvgIpc) is 2.55. The highest BCUT2D eigenvalue weighted by molar-refractivity contribution is 5.81. The van der Waals surface area contributed by atoms with Crippen LogP contribution in [0.4, 0.5) is 4.39 Å². The number of nitrogens with one attached hydrogen (secondary N) is 1. The summed E-state index contributed by atoms with van der Waals surface area (Å²) in [5.74, 6) is -0.327. The van der Waals surface area contributed by atoms with E-state index >= 15 is 0 Å². The van der Waals surface area contributed by atoms with Gasteiger partial charge in [0.2, 0.25) is 5.91 Å². The molecule has 1 aliphatic heterocycles. The van der Waals surface area contributed by atoms with Gasteiger partial charge in [-0.3, -0.25) is 4.79 Å². The Morgan fingerprint density at radius 1 is 1.50 bits per heavy atom. The van der Waals surface area contributed by atoms with Crippen LogP contribution >= 0.6 is 0 Å². The molecule has 5 nitrogen and oxygen atoms in total. The maximum absolute atomic E-state index is 13.5. The van der Waals surface area contributed by atoms with E-state index in [0.717, 1.165) is 18.4 Å². The van der Waals surface area contributed by atoms with E-state index < -0.39 is 6.04 Å². The summed E-state index contributed by atoms with van der Waals surface area (Å²) in [4.78, 5) is 12.1. The van der Waals surface area contributed by atoms with Crippen molar-refractivity contribution in [1.82, 2.24) is 5.32 Å². The van der Waals surface area contributed by atoms with Crippen molar-refractivity contribution < 1.29 is 18.7 Å². The third-order valence-electron chi connectivity index (χ3n) is 3.95. The van der Waals surface area contributed by atoms with Crippen LogP contribution in [0.25, 0.3) is 0 Å². The third kappa shape index (κ3) is 4.50. The Kier molecular flexibility index (Phi) is 6.30. The summed E-state index contributed by atoms with van der Waals surface area (Å²) in [6.07, 6.45) is 1.62. The largest absolute Gasteiger partial charge is 0.381 e. The third-order valence-corrected chi connectivity index (χ3v) is 3.95. The summed E-state index contributed by atoms with van der Waals surface area (Å²) in [6.45, 7) is 1.84. The minimum absolute atomic E-state index is 0.158. The van der Waals surface area contributed by atoms with Crippen LogP contribution < -0.4 is 11.1 Å². The number of methoxy groups -OCH3 is 1. The maximum atomic E-state index is 13.5. The first-order valence-corrected chi connectivity index (χ1v) is 7.49. The lowest BCUT2D eigenvalue weighted by Crippen LogP contribution is -2.46. The van der Waals surface area contributed by atoms with Crippen molar-refractivity contribution >= 4 is 5.91 Å². The highest BCUT2D eigenvalue weighted by Gasteiger charge is 2.26. The number of amides is 1. The first kappa shape index (κ1) is 16.9. The molecule has 1 amide bonds. The van der Waals surface area contributed by atoms with Gasteiger partial charge in [-0.1, -0.05) is 6.07 Å². The summed E-state index contributed by atoms with van der Waals surface area (Å²) in [5, 5.41) is 2.82. The van der Waals surface area contributed by atoms with Gasteiger partial charge < -0.3 is 20.5 Å². The van der Waals surface area contributed by atoms with E-state index in [1.165, 1.54) is 13.2 Å². The molecule has 1 atom stereocenters. The van der Waals surface area contributed by atoms with Crippen LogP contribution in [0.2, 0.25) is 0 Å². The van der Waals surface area contributed by atoms with Crippen molar-refractivity contribution in [2.24, 2.45) is 11.7 Å². The molecule has 22 heavy (non-hydrogen) atoms. The van der Waals surface area contributed by atoms with Crippen LogP contribution in [0, 0.1) is 11.7 Å². The lowest BCUT2D eigenvalue weighted by Gasteiger charge is -2.26. The topological polar surface area (TPSA) is 73.6 Å². The van der Waals surface area contributed by atoms with Crippen LogP contribution in [-0.2, 0) is 27.4 Å². The smallest absolute Gasteiger partial charge is 0.237 e. The maximum Gasteiger partial charge on any atom is 0.237 e. The van der Waals surface area contributed by atoms with E-state index in [2.05, 4.69) is 5.32 Å². The number of carbonyl (C=O) groups excluding carboxylic acids is 1. The zero-order valence-corrected chi connectivity index (χ0v) is 12.8. The molecular formula is C16H23FN2O3. The molecule has 1 aliphatic rings. The summed E-state index contributed by atoms with van der Waals surface area (Å²) in [6, 6.07) is 4.20. The number of nitrogens with two attached hydrogens (primary N) is 1. The van der Waals surface area contributed by atoms with Crippen LogP contribution in [0.3, 0.4) is 0 Å². The summed E-state index contributed by atoms with van der Waals surface area (Å²) < 4.78 is 23.7. The zero-order valence-electron chi connectivity index (χ0n) is 12.8. The fourth-order valence-electron chi connectivity index (χ4n) is 2.60. The van der Waals surface area contributed by atoms with Crippen LogP contribution in [0.1, 0.15) is 24.0 Å². The quantitative estimate of drug-likeness (QED) is 0.831. The molecule has 1 fully saturated rings. The molecule has 0 unspecified atom stereocenters. The second-order valence-corrected chi connectivity index (χ2v) is 5.55. The van der Waals surface area contributed by atoms with E-state index in [1.54, 1.807) is 12.1 Å². The Hall–Kier alpha value is -1.50. The highest BCUT2D eigenvalue weighted by atomic mass is 19.1. The monoisotopic (exact) mass is 310 g/mol.